The summed E-state index contributed by atoms with van der Waals surface area (Å²) in [6.07, 6.45) is 1.51. The number of fused-ring (bicyclic) bond motifs is 1. The molecule has 0 radical (unpaired) electrons. The first-order valence-electron chi connectivity index (χ1n) is 7.03. The number of hydrogen-bond acceptors (Lipinski definition) is 4. The van der Waals surface area contributed by atoms with Crippen LogP contribution in [0, 0.1) is 0 Å². The maximum Gasteiger partial charge on any atom is 0.340 e. The molecule has 23 heavy (non-hydrogen) atoms. The highest BCUT2D eigenvalue weighted by molar-refractivity contribution is 6.04. The maximum absolute atomic E-state index is 12.8. The molecule has 3 rings (SSSR count). The van der Waals surface area contributed by atoms with Gasteiger partial charge in [0.15, 0.2) is 0 Å². The van der Waals surface area contributed by atoms with Crippen LogP contribution in [0.1, 0.15) is 10.4 Å². The molecule has 0 aliphatic carbocycles. The summed E-state index contributed by atoms with van der Waals surface area (Å²) in [5.41, 5.74) is 0.747. The number of hydrogen-bond donors (Lipinski definition) is 0. The highest BCUT2D eigenvalue weighted by Gasteiger charge is 2.15. The number of ether oxygens (including phenoxy) is 2. The topological polar surface area (TPSA) is 57.5 Å². The summed E-state index contributed by atoms with van der Waals surface area (Å²) < 4.78 is 11.5. The second-order valence-corrected chi connectivity index (χ2v) is 4.96. The molecule has 0 amide bonds. The zero-order valence-electron chi connectivity index (χ0n) is 12.8. The predicted molar refractivity (Wildman–Crippen MR) is 87.4 cm³/mol. The lowest BCUT2D eigenvalue weighted by atomic mass is 10.1. The number of aromatic nitrogens is 1. The Hall–Kier alpha value is -3.08. The summed E-state index contributed by atoms with van der Waals surface area (Å²) in [6, 6.07) is 14.1. The van der Waals surface area contributed by atoms with Crippen LogP contribution < -0.4 is 10.3 Å². The van der Waals surface area contributed by atoms with Crippen molar-refractivity contribution in [3.05, 3.63) is 70.6 Å². The molecule has 5 heteroatoms. The number of methoxy groups -OCH3 is 2. The van der Waals surface area contributed by atoms with E-state index >= 15 is 0 Å². The van der Waals surface area contributed by atoms with Gasteiger partial charge in [-0.25, -0.2) is 4.79 Å². The number of benzene rings is 2. The van der Waals surface area contributed by atoms with Crippen molar-refractivity contribution in [2.24, 2.45) is 0 Å². The summed E-state index contributed by atoms with van der Waals surface area (Å²) in [6.45, 7) is 0. The van der Waals surface area contributed by atoms with E-state index in [1.54, 1.807) is 55.6 Å². The molecule has 1 heterocycles. The third kappa shape index (κ3) is 2.57. The van der Waals surface area contributed by atoms with Crippen LogP contribution in [0.25, 0.3) is 16.5 Å². The molecular formula is C18H15NO4. The normalized spacial score (nSPS) is 10.5. The van der Waals surface area contributed by atoms with Crippen molar-refractivity contribution in [2.45, 2.75) is 0 Å². The van der Waals surface area contributed by atoms with E-state index in [-0.39, 0.29) is 5.56 Å². The van der Waals surface area contributed by atoms with Gasteiger partial charge in [-0.1, -0.05) is 24.3 Å². The van der Waals surface area contributed by atoms with E-state index in [0.29, 0.717) is 27.8 Å². The fourth-order valence-electron chi connectivity index (χ4n) is 2.52. The Kier molecular flexibility index (Phi) is 3.85. The molecule has 0 saturated carbocycles. The molecule has 0 aliphatic rings. The highest BCUT2D eigenvalue weighted by Crippen LogP contribution is 2.20. The van der Waals surface area contributed by atoms with Crippen LogP contribution in [0.15, 0.2) is 59.5 Å². The lowest BCUT2D eigenvalue weighted by Gasteiger charge is -2.12. The van der Waals surface area contributed by atoms with Gasteiger partial charge in [0, 0.05) is 23.0 Å². The molecule has 0 bridgehead atoms. The van der Waals surface area contributed by atoms with Crippen molar-refractivity contribution >= 4 is 16.7 Å². The zero-order valence-corrected chi connectivity index (χ0v) is 12.8. The van der Waals surface area contributed by atoms with Crippen LogP contribution in [-0.4, -0.2) is 24.8 Å². The van der Waals surface area contributed by atoms with Gasteiger partial charge in [-0.05, 0) is 18.2 Å². The number of rotatable bonds is 3. The second-order valence-electron chi connectivity index (χ2n) is 4.96. The summed E-state index contributed by atoms with van der Waals surface area (Å²) in [7, 11) is 2.88. The summed E-state index contributed by atoms with van der Waals surface area (Å²) >= 11 is 0. The zero-order chi connectivity index (χ0) is 16.4. The summed E-state index contributed by atoms with van der Waals surface area (Å²) in [5.74, 6) is 0.139. The number of carbonyl (C=O) groups is 1. The van der Waals surface area contributed by atoms with Crippen LogP contribution in [0.4, 0.5) is 0 Å². The number of esters is 1. The third-order valence-corrected chi connectivity index (χ3v) is 3.66. The molecule has 116 valence electrons. The van der Waals surface area contributed by atoms with E-state index < -0.39 is 5.97 Å². The summed E-state index contributed by atoms with van der Waals surface area (Å²) in [4.78, 5) is 24.8. The largest absolute Gasteiger partial charge is 0.497 e. The molecule has 0 aliphatic heterocycles. The minimum absolute atomic E-state index is 0.207. The van der Waals surface area contributed by atoms with Gasteiger partial charge in [-0.2, -0.15) is 0 Å². The van der Waals surface area contributed by atoms with Gasteiger partial charge in [0.05, 0.1) is 25.5 Å². The fourth-order valence-corrected chi connectivity index (χ4v) is 2.52. The molecular weight excluding hydrogens is 294 g/mol. The van der Waals surface area contributed by atoms with E-state index in [1.807, 2.05) is 0 Å². The minimum atomic E-state index is -0.488. The molecule has 5 nitrogen and oxygen atoms in total. The molecule has 0 saturated heterocycles. The highest BCUT2D eigenvalue weighted by atomic mass is 16.5. The molecule has 0 atom stereocenters. The lowest BCUT2D eigenvalue weighted by Crippen LogP contribution is -2.21. The van der Waals surface area contributed by atoms with Crippen LogP contribution in [0.3, 0.4) is 0 Å². The molecule has 0 fully saturated rings. The van der Waals surface area contributed by atoms with Crippen molar-refractivity contribution in [3.63, 3.8) is 0 Å². The number of carbonyl (C=O) groups excluding carboxylic acids is 1. The monoisotopic (exact) mass is 309 g/mol. The first-order chi connectivity index (χ1) is 11.2. The first kappa shape index (κ1) is 14.8. The van der Waals surface area contributed by atoms with Gasteiger partial charge in [0.25, 0.3) is 5.56 Å². The van der Waals surface area contributed by atoms with Crippen molar-refractivity contribution in [3.8, 4) is 11.4 Å². The Balaban J connectivity index is 2.35. The van der Waals surface area contributed by atoms with Crippen LogP contribution in [0.2, 0.25) is 0 Å². The molecule has 0 spiro atoms. The standard InChI is InChI=1S/C18H15NO4/c1-22-13-7-5-6-12(10-13)19-11-16(18(21)23-2)14-8-3-4-9-15(14)17(19)20/h3-11H,1-2H3. The second kappa shape index (κ2) is 5.96. The Morgan fingerprint density at radius 1 is 1.00 bits per heavy atom. The molecule has 3 aromatic rings. The van der Waals surface area contributed by atoms with E-state index in [9.17, 15) is 9.59 Å². The van der Waals surface area contributed by atoms with E-state index in [2.05, 4.69) is 0 Å². The Labute approximate surface area is 132 Å². The predicted octanol–water partition coefficient (Wildman–Crippen LogP) is 2.79. The third-order valence-electron chi connectivity index (χ3n) is 3.66. The molecule has 0 N–H and O–H groups in total. The molecule has 2 aromatic carbocycles. The average molecular weight is 309 g/mol. The number of nitrogens with zero attached hydrogens (tertiary/aromatic N) is 1. The van der Waals surface area contributed by atoms with Crippen LogP contribution in [-0.2, 0) is 4.74 Å². The minimum Gasteiger partial charge on any atom is -0.497 e. The van der Waals surface area contributed by atoms with Crippen molar-refractivity contribution in [1.29, 1.82) is 0 Å². The van der Waals surface area contributed by atoms with Gasteiger partial charge >= 0.3 is 5.97 Å². The first-order valence-corrected chi connectivity index (χ1v) is 7.03. The van der Waals surface area contributed by atoms with E-state index in [0.717, 1.165) is 0 Å². The molecule has 1 aromatic heterocycles. The quantitative estimate of drug-likeness (QED) is 0.698. The van der Waals surface area contributed by atoms with Crippen LogP contribution >= 0.6 is 0 Å². The van der Waals surface area contributed by atoms with Gasteiger partial charge in [-0.15, -0.1) is 0 Å². The van der Waals surface area contributed by atoms with Gasteiger partial charge < -0.3 is 9.47 Å². The Bertz CT molecular complexity index is 943. The van der Waals surface area contributed by atoms with E-state index in [1.165, 1.54) is 17.9 Å². The SMILES string of the molecule is COC(=O)c1cn(-c2cccc(OC)c2)c(=O)c2ccccc12. The smallest absolute Gasteiger partial charge is 0.340 e. The van der Waals surface area contributed by atoms with Gasteiger partial charge in [0.2, 0.25) is 0 Å². The Morgan fingerprint density at radius 2 is 1.74 bits per heavy atom. The van der Waals surface area contributed by atoms with Crippen molar-refractivity contribution in [1.82, 2.24) is 4.57 Å². The lowest BCUT2D eigenvalue weighted by molar-refractivity contribution is 0.0602. The molecule has 0 unspecified atom stereocenters. The number of pyridine rings is 1. The fraction of sp³-hybridized carbons (Fsp3) is 0.111. The average Bonchev–Trinajstić information content (AvgIpc) is 2.61. The Morgan fingerprint density at radius 3 is 2.43 bits per heavy atom. The van der Waals surface area contributed by atoms with Gasteiger partial charge in [-0.3, -0.25) is 9.36 Å². The van der Waals surface area contributed by atoms with Crippen molar-refractivity contribution in [2.75, 3.05) is 14.2 Å². The van der Waals surface area contributed by atoms with Crippen LogP contribution in [0.5, 0.6) is 5.75 Å². The van der Waals surface area contributed by atoms with E-state index in [4.69, 9.17) is 9.47 Å². The summed E-state index contributed by atoms with van der Waals surface area (Å²) in [5, 5.41) is 1.03. The van der Waals surface area contributed by atoms with Gasteiger partial charge in [0.1, 0.15) is 5.75 Å². The maximum atomic E-state index is 12.8. The van der Waals surface area contributed by atoms with Crippen molar-refractivity contribution < 1.29 is 14.3 Å².